The van der Waals surface area contributed by atoms with Gasteiger partial charge in [0.1, 0.15) is 29.8 Å². The molecule has 8 heteroatoms. The van der Waals surface area contributed by atoms with Crippen molar-refractivity contribution in [1.29, 1.82) is 5.26 Å². The molecule has 3 aromatic rings. The summed E-state index contributed by atoms with van der Waals surface area (Å²) in [6.45, 7) is 2.17. The van der Waals surface area contributed by atoms with Gasteiger partial charge in [0.05, 0.1) is 10.4 Å². The van der Waals surface area contributed by atoms with Crippen molar-refractivity contribution in [2.75, 3.05) is 0 Å². The highest BCUT2D eigenvalue weighted by atomic mass is 79.9. The number of nitrogens with zero attached hydrogens (tertiary/aromatic N) is 2. The summed E-state index contributed by atoms with van der Waals surface area (Å²) in [5.41, 5.74) is 9.56. The van der Waals surface area contributed by atoms with Gasteiger partial charge in [-0.05, 0) is 58.2 Å². The molecule has 0 spiro atoms. The first kappa shape index (κ1) is 19.0. The highest BCUT2D eigenvalue weighted by molar-refractivity contribution is 9.10. The average molecular weight is 455 g/mol. The molecule has 2 aromatic carbocycles. The lowest BCUT2D eigenvalue weighted by atomic mass is 9.84. The average Bonchev–Trinajstić information content (AvgIpc) is 3.07. The topological polar surface area (TPSA) is 97.0 Å². The number of benzene rings is 2. The summed E-state index contributed by atoms with van der Waals surface area (Å²) < 4.78 is 25.1. The molecule has 0 saturated heterocycles. The van der Waals surface area contributed by atoms with Crippen LogP contribution in [0.2, 0.25) is 0 Å². The first-order chi connectivity index (χ1) is 14.0. The number of nitrogens with two attached hydrogens (primary N) is 1. The van der Waals surface area contributed by atoms with Gasteiger partial charge in [-0.3, -0.25) is 5.10 Å². The summed E-state index contributed by atoms with van der Waals surface area (Å²) in [7, 11) is 0. The van der Waals surface area contributed by atoms with E-state index in [1.807, 2.05) is 25.1 Å². The molecule has 0 aliphatic carbocycles. The maximum atomic E-state index is 13.0. The van der Waals surface area contributed by atoms with Crippen molar-refractivity contribution in [2.45, 2.75) is 19.4 Å². The molecule has 6 nitrogen and oxygen atoms in total. The van der Waals surface area contributed by atoms with Crippen LogP contribution in [0.4, 0.5) is 4.39 Å². The number of nitriles is 1. The summed E-state index contributed by atoms with van der Waals surface area (Å²) in [5.74, 6) is 0.362. The number of aryl methyl sites for hydroxylation is 1. The van der Waals surface area contributed by atoms with Gasteiger partial charge in [0, 0.05) is 11.3 Å². The summed E-state index contributed by atoms with van der Waals surface area (Å²) in [6, 6.07) is 13.9. The Kier molecular flexibility index (Phi) is 4.99. The van der Waals surface area contributed by atoms with Crippen LogP contribution < -0.4 is 15.2 Å². The predicted octanol–water partition coefficient (Wildman–Crippen LogP) is 4.42. The summed E-state index contributed by atoms with van der Waals surface area (Å²) in [6.07, 6.45) is 0. The third-order valence-corrected chi connectivity index (χ3v) is 5.35. The van der Waals surface area contributed by atoms with Crippen LogP contribution in [0.25, 0.3) is 0 Å². The van der Waals surface area contributed by atoms with Crippen molar-refractivity contribution in [3.05, 3.63) is 86.6 Å². The largest absolute Gasteiger partial charge is 0.488 e. The fourth-order valence-electron chi connectivity index (χ4n) is 3.29. The monoisotopic (exact) mass is 454 g/mol. The fraction of sp³-hybridized carbons (Fsp3) is 0.143. The van der Waals surface area contributed by atoms with E-state index in [1.54, 1.807) is 12.1 Å². The van der Waals surface area contributed by atoms with E-state index in [9.17, 15) is 9.65 Å². The van der Waals surface area contributed by atoms with Gasteiger partial charge < -0.3 is 15.2 Å². The number of hydrogen-bond acceptors (Lipinski definition) is 5. The summed E-state index contributed by atoms with van der Waals surface area (Å²) in [5, 5.41) is 16.6. The summed E-state index contributed by atoms with van der Waals surface area (Å²) >= 11 is 3.54. The van der Waals surface area contributed by atoms with Crippen molar-refractivity contribution < 1.29 is 13.9 Å². The standard InChI is InChI=1S/C21H16BrFN4O2/c1-11-18-19(15(9-24)20(25)29-21(18)27-26-11)13-4-7-17(16(22)8-13)28-10-12-2-5-14(23)6-3-12/h2-8,19H,10,25H2,1H3,(H,26,27). The van der Waals surface area contributed by atoms with Crippen molar-refractivity contribution in [3.8, 4) is 17.7 Å². The molecular formula is C21H16BrFN4O2. The Morgan fingerprint density at radius 2 is 2.07 bits per heavy atom. The second kappa shape index (κ2) is 7.60. The molecule has 1 atom stereocenters. The van der Waals surface area contributed by atoms with Gasteiger partial charge in [0.2, 0.25) is 11.8 Å². The number of halogens is 2. The molecule has 29 heavy (non-hydrogen) atoms. The second-order valence-corrected chi connectivity index (χ2v) is 7.45. The first-order valence-corrected chi connectivity index (χ1v) is 9.56. The summed E-state index contributed by atoms with van der Waals surface area (Å²) in [4.78, 5) is 0. The SMILES string of the molecule is Cc1[nH]nc2c1C(c1ccc(OCc3ccc(F)cc3)c(Br)c1)C(C#N)=C(N)O2. The van der Waals surface area contributed by atoms with E-state index >= 15 is 0 Å². The number of nitrogens with one attached hydrogen (secondary N) is 1. The molecule has 0 saturated carbocycles. The van der Waals surface area contributed by atoms with Gasteiger partial charge in [0.25, 0.3) is 0 Å². The zero-order valence-corrected chi connectivity index (χ0v) is 17.0. The molecule has 1 aromatic heterocycles. The number of rotatable bonds is 4. The molecular weight excluding hydrogens is 439 g/mol. The van der Waals surface area contributed by atoms with Gasteiger partial charge in [-0.25, -0.2) is 4.39 Å². The van der Waals surface area contributed by atoms with Crippen molar-refractivity contribution in [2.24, 2.45) is 5.73 Å². The van der Waals surface area contributed by atoms with Gasteiger partial charge in [-0.2, -0.15) is 5.26 Å². The number of fused-ring (bicyclic) bond motifs is 1. The normalized spacial score (nSPS) is 15.4. The molecule has 0 bridgehead atoms. The third-order valence-electron chi connectivity index (χ3n) is 4.73. The number of aromatic amines is 1. The first-order valence-electron chi connectivity index (χ1n) is 8.77. The van der Waals surface area contributed by atoms with Crippen LogP contribution in [-0.4, -0.2) is 10.2 Å². The van der Waals surface area contributed by atoms with Crippen molar-refractivity contribution in [3.63, 3.8) is 0 Å². The smallest absolute Gasteiger partial charge is 0.244 e. The lowest BCUT2D eigenvalue weighted by Crippen LogP contribution is -2.21. The van der Waals surface area contributed by atoms with E-state index in [1.165, 1.54) is 12.1 Å². The molecule has 4 rings (SSSR count). The third kappa shape index (κ3) is 3.57. The highest BCUT2D eigenvalue weighted by Gasteiger charge is 2.34. The van der Waals surface area contributed by atoms with E-state index in [4.69, 9.17) is 15.2 Å². The van der Waals surface area contributed by atoms with Crippen LogP contribution in [-0.2, 0) is 6.61 Å². The van der Waals surface area contributed by atoms with Crippen LogP contribution in [0.5, 0.6) is 11.6 Å². The van der Waals surface area contributed by atoms with Crippen molar-refractivity contribution in [1.82, 2.24) is 10.2 Å². The van der Waals surface area contributed by atoms with Gasteiger partial charge in [-0.15, -0.1) is 5.10 Å². The Bertz CT molecular complexity index is 1150. The highest BCUT2D eigenvalue weighted by Crippen LogP contribution is 2.44. The minimum absolute atomic E-state index is 0.0456. The lowest BCUT2D eigenvalue weighted by Gasteiger charge is -2.24. The second-order valence-electron chi connectivity index (χ2n) is 6.60. The molecule has 0 amide bonds. The maximum absolute atomic E-state index is 13.0. The van der Waals surface area contributed by atoms with Gasteiger partial charge in [-0.1, -0.05) is 18.2 Å². The fourth-order valence-corrected chi connectivity index (χ4v) is 3.80. The Labute approximate surface area is 174 Å². The zero-order chi connectivity index (χ0) is 20.5. The number of hydrogen-bond donors (Lipinski definition) is 2. The molecule has 0 radical (unpaired) electrons. The molecule has 3 N–H and O–H groups in total. The van der Waals surface area contributed by atoms with E-state index in [2.05, 4.69) is 32.2 Å². The Morgan fingerprint density at radius 3 is 2.76 bits per heavy atom. The molecule has 1 unspecified atom stereocenters. The van der Waals surface area contributed by atoms with Crippen LogP contribution >= 0.6 is 15.9 Å². The van der Waals surface area contributed by atoms with Gasteiger partial charge in [0.15, 0.2) is 0 Å². The Hall–Kier alpha value is -3.31. The lowest BCUT2D eigenvalue weighted by molar-refractivity contribution is 0.304. The van der Waals surface area contributed by atoms with Crippen LogP contribution in [0.1, 0.15) is 28.3 Å². The molecule has 1 aliphatic rings. The quantitative estimate of drug-likeness (QED) is 0.607. The Balaban J connectivity index is 1.64. The van der Waals surface area contributed by atoms with E-state index in [-0.39, 0.29) is 11.7 Å². The molecule has 146 valence electrons. The molecule has 2 heterocycles. The van der Waals surface area contributed by atoms with E-state index in [0.717, 1.165) is 26.9 Å². The maximum Gasteiger partial charge on any atom is 0.244 e. The van der Waals surface area contributed by atoms with Gasteiger partial charge >= 0.3 is 0 Å². The number of aromatic nitrogens is 2. The van der Waals surface area contributed by atoms with Crippen LogP contribution in [0.15, 0.2) is 58.4 Å². The number of H-pyrrole nitrogens is 1. The van der Waals surface area contributed by atoms with E-state index in [0.29, 0.717) is 23.8 Å². The number of ether oxygens (including phenoxy) is 2. The minimum Gasteiger partial charge on any atom is -0.488 e. The number of allylic oxidation sites excluding steroid dienone is 1. The molecule has 0 fully saturated rings. The minimum atomic E-state index is -0.398. The van der Waals surface area contributed by atoms with E-state index < -0.39 is 5.92 Å². The Morgan fingerprint density at radius 1 is 1.31 bits per heavy atom. The van der Waals surface area contributed by atoms with Crippen LogP contribution in [0, 0.1) is 24.1 Å². The van der Waals surface area contributed by atoms with Crippen molar-refractivity contribution >= 4 is 15.9 Å². The zero-order valence-electron chi connectivity index (χ0n) is 15.4. The molecule has 1 aliphatic heterocycles. The predicted molar refractivity (Wildman–Crippen MR) is 107 cm³/mol. The van der Waals surface area contributed by atoms with Crippen LogP contribution in [0.3, 0.4) is 0 Å².